The van der Waals surface area contributed by atoms with Crippen LogP contribution in [0.2, 0.25) is 0 Å². The zero-order valence-corrected chi connectivity index (χ0v) is 13.7. The zero-order valence-electron chi connectivity index (χ0n) is 12.1. The van der Waals surface area contributed by atoms with Gasteiger partial charge in [-0.25, -0.2) is 8.42 Å². The van der Waals surface area contributed by atoms with E-state index in [-0.39, 0.29) is 6.04 Å². The third-order valence-electron chi connectivity index (χ3n) is 3.27. The van der Waals surface area contributed by atoms with Crippen molar-refractivity contribution < 1.29 is 8.42 Å². The van der Waals surface area contributed by atoms with Crippen LogP contribution in [0.4, 0.5) is 0 Å². The summed E-state index contributed by atoms with van der Waals surface area (Å²) in [6.45, 7) is 2.06. The summed E-state index contributed by atoms with van der Waals surface area (Å²) in [6, 6.07) is 15.0. The van der Waals surface area contributed by atoms with Crippen LogP contribution in [0.1, 0.15) is 17.2 Å². The first-order chi connectivity index (χ1) is 9.88. The highest BCUT2D eigenvalue weighted by Gasteiger charge is 2.10. The van der Waals surface area contributed by atoms with Gasteiger partial charge in [0, 0.05) is 22.9 Å². The molecular formula is C16H19NO2S2. The van der Waals surface area contributed by atoms with Crippen molar-refractivity contribution in [1.29, 1.82) is 0 Å². The van der Waals surface area contributed by atoms with Gasteiger partial charge in [-0.1, -0.05) is 24.3 Å². The first-order valence-corrected chi connectivity index (χ1v) is 9.49. The van der Waals surface area contributed by atoms with Crippen LogP contribution in [0.25, 0.3) is 0 Å². The van der Waals surface area contributed by atoms with E-state index in [9.17, 15) is 8.42 Å². The van der Waals surface area contributed by atoms with Gasteiger partial charge in [0.25, 0.3) is 0 Å². The lowest BCUT2D eigenvalue weighted by molar-refractivity contribution is 0.602. The van der Waals surface area contributed by atoms with Crippen LogP contribution < -0.4 is 5.73 Å². The van der Waals surface area contributed by atoms with E-state index in [2.05, 4.69) is 13.0 Å². The Bertz CT molecular complexity index is 709. The fraction of sp³-hybridized carbons (Fsp3) is 0.250. The molecule has 2 aromatic rings. The Kier molecular flexibility index (Phi) is 5.08. The van der Waals surface area contributed by atoms with Gasteiger partial charge in [0.1, 0.15) is 0 Å². The Morgan fingerprint density at radius 3 is 2.29 bits per heavy atom. The summed E-state index contributed by atoms with van der Waals surface area (Å²) in [5.41, 5.74) is 8.57. The molecule has 2 aromatic carbocycles. The molecule has 3 nitrogen and oxygen atoms in total. The van der Waals surface area contributed by atoms with Gasteiger partial charge in [-0.05, 0) is 42.3 Å². The second kappa shape index (κ2) is 6.64. The van der Waals surface area contributed by atoms with E-state index < -0.39 is 9.84 Å². The Labute approximate surface area is 130 Å². The van der Waals surface area contributed by atoms with Gasteiger partial charge in [-0.15, -0.1) is 11.8 Å². The van der Waals surface area contributed by atoms with E-state index in [0.717, 1.165) is 16.2 Å². The first-order valence-electron chi connectivity index (χ1n) is 6.62. The Morgan fingerprint density at radius 1 is 1.10 bits per heavy atom. The molecule has 0 radical (unpaired) electrons. The van der Waals surface area contributed by atoms with E-state index in [1.165, 1.54) is 11.8 Å². The average molecular weight is 321 g/mol. The molecule has 0 saturated carbocycles. The van der Waals surface area contributed by atoms with Crippen LogP contribution in [-0.4, -0.2) is 20.4 Å². The molecule has 0 aliphatic rings. The van der Waals surface area contributed by atoms with Crippen molar-refractivity contribution >= 4 is 21.6 Å². The number of benzene rings is 2. The third-order valence-corrected chi connectivity index (χ3v) is 5.53. The molecule has 0 spiro atoms. The molecule has 1 unspecified atom stereocenters. The number of nitrogens with two attached hydrogens (primary N) is 1. The van der Waals surface area contributed by atoms with Gasteiger partial charge in [-0.3, -0.25) is 0 Å². The molecule has 0 aromatic heterocycles. The summed E-state index contributed by atoms with van der Waals surface area (Å²) in [5, 5.41) is 0. The fourth-order valence-corrected chi connectivity index (χ4v) is 3.57. The highest BCUT2D eigenvalue weighted by atomic mass is 32.2. The summed E-state index contributed by atoms with van der Waals surface area (Å²) in [6.07, 6.45) is 1.21. The van der Waals surface area contributed by atoms with Crippen molar-refractivity contribution in [2.75, 3.05) is 12.0 Å². The number of hydrogen-bond donors (Lipinski definition) is 1. The maximum Gasteiger partial charge on any atom is 0.175 e. The second-order valence-electron chi connectivity index (χ2n) is 5.02. The van der Waals surface area contributed by atoms with Crippen LogP contribution in [-0.2, 0) is 9.84 Å². The summed E-state index contributed by atoms with van der Waals surface area (Å²) >= 11 is 1.63. The predicted molar refractivity (Wildman–Crippen MR) is 88.4 cm³/mol. The van der Waals surface area contributed by atoms with Gasteiger partial charge >= 0.3 is 0 Å². The maximum absolute atomic E-state index is 11.4. The first kappa shape index (κ1) is 16.1. The highest BCUT2D eigenvalue weighted by molar-refractivity contribution is 7.99. The largest absolute Gasteiger partial charge is 0.323 e. The fourth-order valence-electron chi connectivity index (χ4n) is 2.06. The van der Waals surface area contributed by atoms with Crippen LogP contribution >= 0.6 is 11.8 Å². The van der Waals surface area contributed by atoms with E-state index in [0.29, 0.717) is 4.90 Å². The van der Waals surface area contributed by atoms with Crippen LogP contribution in [0.15, 0.2) is 58.3 Å². The predicted octanol–water partition coefficient (Wildman–Crippen LogP) is 3.19. The summed E-state index contributed by atoms with van der Waals surface area (Å²) in [4.78, 5) is 1.36. The van der Waals surface area contributed by atoms with Gasteiger partial charge in [0.2, 0.25) is 0 Å². The highest BCUT2D eigenvalue weighted by Crippen LogP contribution is 2.25. The SMILES string of the molecule is Cc1ccccc1C(N)CSc1ccc(S(C)(=O)=O)cc1. The molecule has 1 atom stereocenters. The molecule has 0 amide bonds. The van der Waals surface area contributed by atoms with Crippen LogP contribution in [0.5, 0.6) is 0 Å². The third kappa shape index (κ3) is 4.33. The average Bonchev–Trinajstić information content (AvgIpc) is 2.45. The molecule has 0 aliphatic heterocycles. The Morgan fingerprint density at radius 2 is 1.71 bits per heavy atom. The molecule has 21 heavy (non-hydrogen) atoms. The lowest BCUT2D eigenvalue weighted by Gasteiger charge is -2.14. The van der Waals surface area contributed by atoms with Crippen molar-refractivity contribution in [3.63, 3.8) is 0 Å². The molecule has 0 aliphatic carbocycles. The van der Waals surface area contributed by atoms with Crippen molar-refractivity contribution in [3.05, 3.63) is 59.7 Å². The molecule has 0 fully saturated rings. The molecule has 2 N–H and O–H groups in total. The number of hydrogen-bond acceptors (Lipinski definition) is 4. The topological polar surface area (TPSA) is 60.2 Å². The van der Waals surface area contributed by atoms with Gasteiger partial charge in [0.15, 0.2) is 9.84 Å². The summed E-state index contributed by atoms with van der Waals surface area (Å²) in [5.74, 6) is 0.753. The van der Waals surface area contributed by atoms with Crippen molar-refractivity contribution in [2.24, 2.45) is 5.73 Å². The molecular weight excluding hydrogens is 302 g/mol. The smallest absolute Gasteiger partial charge is 0.175 e. The Balaban J connectivity index is 2.02. The quantitative estimate of drug-likeness (QED) is 0.859. The molecule has 0 heterocycles. The van der Waals surface area contributed by atoms with Gasteiger partial charge in [0.05, 0.1) is 4.90 Å². The van der Waals surface area contributed by atoms with E-state index in [4.69, 9.17) is 5.73 Å². The summed E-state index contributed by atoms with van der Waals surface area (Å²) in [7, 11) is -3.13. The molecule has 2 rings (SSSR count). The second-order valence-corrected chi connectivity index (χ2v) is 8.13. The minimum absolute atomic E-state index is 0.0363. The standard InChI is InChI=1S/C16H19NO2S2/c1-12-5-3-4-6-15(12)16(17)11-20-13-7-9-14(10-8-13)21(2,18)19/h3-10,16H,11,17H2,1-2H3. The van der Waals surface area contributed by atoms with E-state index >= 15 is 0 Å². The van der Waals surface area contributed by atoms with E-state index in [1.807, 2.05) is 30.3 Å². The molecule has 5 heteroatoms. The van der Waals surface area contributed by atoms with Crippen LogP contribution in [0.3, 0.4) is 0 Å². The van der Waals surface area contributed by atoms with E-state index in [1.54, 1.807) is 23.9 Å². The zero-order chi connectivity index (χ0) is 15.5. The normalized spacial score (nSPS) is 13.1. The monoisotopic (exact) mass is 321 g/mol. The minimum Gasteiger partial charge on any atom is -0.323 e. The minimum atomic E-state index is -3.13. The number of sulfone groups is 1. The van der Waals surface area contributed by atoms with Gasteiger partial charge in [-0.2, -0.15) is 0 Å². The number of aryl methyl sites for hydroxylation is 1. The Hall–Kier alpha value is -1.30. The van der Waals surface area contributed by atoms with Gasteiger partial charge < -0.3 is 5.73 Å². The number of rotatable bonds is 5. The summed E-state index contributed by atoms with van der Waals surface area (Å²) < 4.78 is 22.8. The molecule has 0 bridgehead atoms. The number of thioether (sulfide) groups is 1. The molecule has 0 saturated heterocycles. The van der Waals surface area contributed by atoms with Crippen molar-refractivity contribution in [3.8, 4) is 0 Å². The molecule has 112 valence electrons. The van der Waals surface area contributed by atoms with Crippen molar-refractivity contribution in [2.45, 2.75) is 22.8 Å². The van der Waals surface area contributed by atoms with Crippen LogP contribution in [0, 0.1) is 6.92 Å². The lowest BCUT2D eigenvalue weighted by Crippen LogP contribution is -2.14. The lowest BCUT2D eigenvalue weighted by atomic mass is 10.0. The van der Waals surface area contributed by atoms with Crippen molar-refractivity contribution in [1.82, 2.24) is 0 Å². The maximum atomic E-state index is 11.4.